The van der Waals surface area contributed by atoms with Gasteiger partial charge in [0, 0.05) is 5.39 Å². The summed E-state index contributed by atoms with van der Waals surface area (Å²) in [5, 5.41) is 7.22. The normalized spacial score (nSPS) is 11.6. The molecule has 1 aromatic heterocycles. The van der Waals surface area contributed by atoms with Crippen molar-refractivity contribution in [2.75, 3.05) is 19.0 Å². The van der Waals surface area contributed by atoms with Crippen LogP contribution in [0.4, 0.5) is 11.5 Å². The Morgan fingerprint density at radius 2 is 1.74 bits per heavy atom. The fraction of sp³-hybridized carbons (Fsp3) is 0.241. The van der Waals surface area contributed by atoms with Gasteiger partial charge in [-0.25, -0.2) is 4.98 Å². The van der Waals surface area contributed by atoms with Gasteiger partial charge in [0.2, 0.25) is 0 Å². The molecule has 0 fully saturated rings. The van der Waals surface area contributed by atoms with Gasteiger partial charge in [0.25, 0.3) is 5.91 Å². The summed E-state index contributed by atoms with van der Waals surface area (Å²) in [6, 6.07) is 24.7. The molecular weight excluding hydrogens is 438 g/mol. The Morgan fingerprint density at radius 1 is 1.00 bits per heavy atom. The summed E-state index contributed by atoms with van der Waals surface area (Å²) in [6.07, 6.45) is 2.13. The highest BCUT2D eigenvalue weighted by molar-refractivity contribution is 6.07. The van der Waals surface area contributed by atoms with E-state index in [4.69, 9.17) is 14.5 Å². The molecule has 180 valence electrons. The van der Waals surface area contributed by atoms with Gasteiger partial charge in [-0.3, -0.25) is 4.79 Å². The third kappa shape index (κ3) is 5.90. The van der Waals surface area contributed by atoms with Crippen molar-refractivity contribution in [3.8, 4) is 11.5 Å². The molecule has 4 rings (SSSR count). The number of unbranched alkanes of at least 4 members (excludes halogenated alkanes) is 1. The summed E-state index contributed by atoms with van der Waals surface area (Å²) in [5.41, 5.74) is 3.07. The van der Waals surface area contributed by atoms with E-state index in [1.807, 2.05) is 79.7 Å². The number of pyridine rings is 1. The van der Waals surface area contributed by atoms with Gasteiger partial charge in [-0.2, -0.15) is 0 Å². The highest BCUT2D eigenvalue weighted by atomic mass is 16.5. The van der Waals surface area contributed by atoms with Crippen LogP contribution < -0.4 is 20.1 Å². The van der Waals surface area contributed by atoms with Crippen LogP contribution in [0, 0.1) is 0 Å². The third-order valence-electron chi connectivity index (χ3n) is 5.82. The number of hydrogen-bond acceptors (Lipinski definition) is 5. The van der Waals surface area contributed by atoms with Crippen LogP contribution in [0.15, 0.2) is 78.9 Å². The molecule has 0 spiro atoms. The van der Waals surface area contributed by atoms with Crippen molar-refractivity contribution in [2.45, 2.75) is 32.7 Å². The number of carbonyl (C=O) groups excluding carboxylic acids is 1. The van der Waals surface area contributed by atoms with Crippen LogP contribution in [0.2, 0.25) is 0 Å². The van der Waals surface area contributed by atoms with E-state index in [-0.39, 0.29) is 11.9 Å². The second-order valence-electron chi connectivity index (χ2n) is 8.36. The molecule has 0 bridgehead atoms. The van der Waals surface area contributed by atoms with Gasteiger partial charge >= 0.3 is 0 Å². The van der Waals surface area contributed by atoms with E-state index in [0.717, 1.165) is 40.7 Å². The van der Waals surface area contributed by atoms with E-state index in [0.29, 0.717) is 23.7 Å². The number of hydrogen-bond donors (Lipinski definition) is 2. The first-order valence-corrected chi connectivity index (χ1v) is 11.9. The van der Waals surface area contributed by atoms with Gasteiger partial charge in [0.05, 0.1) is 36.5 Å². The lowest BCUT2D eigenvalue weighted by molar-refractivity contribution is 0.0941. The van der Waals surface area contributed by atoms with Crippen molar-refractivity contribution < 1.29 is 14.3 Å². The lowest BCUT2D eigenvalue weighted by Gasteiger charge is -2.17. The molecule has 0 aliphatic rings. The minimum atomic E-state index is -0.176. The number of aromatic nitrogens is 1. The Labute approximate surface area is 206 Å². The number of carbonyl (C=O) groups is 1. The zero-order chi connectivity index (χ0) is 24.6. The van der Waals surface area contributed by atoms with E-state index in [1.54, 1.807) is 13.2 Å². The summed E-state index contributed by atoms with van der Waals surface area (Å²) in [7, 11) is 1.62. The molecule has 1 atom stereocenters. The van der Waals surface area contributed by atoms with E-state index < -0.39 is 0 Å². The Morgan fingerprint density at radius 3 is 2.51 bits per heavy atom. The number of nitrogens with zero attached hydrogens (tertiary/aromatic N) is 1. The lowest BCUT2D eigenvalue weighted by Crippen LogP contribution is -2.27. The average Bonchev–Trinajstić information content (AvgIpc) is 2.89. The molecule has 6 heteroatoms. The van der Waals surface area contributed by atoms with Gasteiger partial charge in [-0.05, 0) is 55.3 Å². The molecule has 0 radical (unpaired) electrons. The van der Waals surface area contributed by atoms with Gasteiger partial charge in [-0.15, -0.1) is 0 Å². The monoisotopic (exact) mass is 469 g/mol. The highest BCUT2D eigenvalue weighted by Gasteiger charge is 2.17. The van der Waals surface area contributed by atoms with E-state index in [9.17, 15) is 4.79 Å². The van der Waals surface area contributed by atoms with Crippen molar-refractivity contribution in [3.63, 3.8) is 0 Å². The van der Waals surface area contributed by atoms with Gasteiger partial charge in [-0.1, -0.05) is 55.8 Å². The molecule has 0 aliphatic carbocycles. The first kappa shape index (κ1) is 24.1. The van der Waals surface area contributed by atoms with Crippen LogP contribution in [0.25, 0.3) is 10.9 Å². The van der Waals surface area contributed by atoms with Crippen LogP contribution in [0.3, 0.4) is 0 Å². The van der Waals surface area contributed by atoms with Gasteiger partial charge in [0.1, 0.15) is 17.3 Å². The molecule has 4 aromatic rings. The first-order chi connectivity index (χ1) is 17.1. The number of para-hydroxylation sites is 3. The summed E-state index contributed by atoms with van der Waals surface area (Å²) < 4.78 is 11.2. The molecule has 3 aromatic carbocycles. The fourth-order valence-corrected chi connectivity index (χ4v) is 3.86. The van der Waals surface area contributed by atoms with Crippen LogP contribution >= 0.6 is 0 Å². The molecule has 1 heterocycles. The smallest absolute Gasteiger partial charge is 0.252 e. The second kappa shape index (κ2) is 11.4. The fourth-order valence-electron chi connectivity index (χ4n) is 3.86. The maximum absolute atomic E-state index is 13.4. The summed E-state index contributed by atoms with van der Waals surface area (Å²) in [5.74, 6) is 1.94. The molecule has 1 unspecified atom stereocenters. The minimum absolute atomic E-state index is 0.164. The van der Waals surface area contributed by atoms with Crippen molar-refractivity contribution in [3.05, 3.63) is 90.0 Å². The van der Waals surface area contributed by atoms with E-state index in [1.165, 1.54) is 0 Å². The Balaban J connectivity index is 1.55. The van der Waals surface area contributed by atoms with Crippen molar-refractivity contribution in [2.24, 2.45) is 0 Å². The topological polar surface area (TPSA) is 72.5 Å². The zero-order valence-electron chi connectivity index (χ0n) is 20.4. The van der Waals surface area contributed by atoms with Crippen LogP contribution in [0.1, 0.15) is 48.7 Å². The Kier molecular flexibility index (Phi) is 7.83. The molecule has 0 saturated heterocycles. The largest absolute Gasteiger partial charge is 0.495 e. The van der Waals surface area contributed by atoms with Gasteiger partial charge in [0.15, 0.2) is 0 Å². The Hall–Kier alpha value is -4.06. The van der Waals surface area contributed by atoms with Crippen molar-refractivity contribution in [1.29, 1.82) is 0 Å². The molecular formula is C29H31N3O3. The van der Waals surface area contributed by atoms with E-state index >= 15 is 0 Å². The summed E-state index contributed by atoms with van der Waals surface area (Å²) in [4.78, 5) is 18.1. The Bertz CT molecular complexity index is 1290. The third-order valence-corrected chi connectivity index (χ3v) is 5.82. The van der Waals surface area contributed by atoms with Crippen LogP contribution in [-0.2, 0) is 0 Å². The molecule has 2 N–H and O–H groups in total. The van der Waals surface area contributed by atoms with Crippen molar-refractivity contribution >= 4 is 28.3 Å². The summed E-state index contributed by atoms with van der Waals surface area (Å²) >= 11 is 0. The number of nitrogens with one attached hydrogen (secondary N) is 2. The zero-order valence-corrected chi connectivity index (χ0v) is 20.4. The number of rotatable bonds is 10. The molecule has 1 amide bonds. The SMILES string of the molecule is CCCCOc1ccc(C(C)NC(=O)c2cc(Nc3ccccc3OC)nc3ccccc23)cc1. The standard InChI is InChI=1S/C29H31N3O3/c1-4-5-18-35-22-16-14-21(15-17-22)20(2)30-29(33)24-19-28(31-25-11-7-6-10-23(24)25)32-26-12-8-9-13-27(26)34-3/h6-17,19-20H,4-5,18H2,1-3H3,(H,30,33)(H,31,32). The predicted octanol–water partition coefficient (Wildman–Crippen LogP) is 6.66. The lowest BCUT2D eigenvalue weighted by atomic mass is 10.1. The van der Waals surface area contributed by atoms with Crippen LogP contribution in [-0.4, -0.2) is 24.6 Å². The quantitative estimate of drug-likeness (QED) is 0.254. The number of fused-ring (bicyclic) bond motifs is 1. The second-order valence-corrected chi connectivity index (χ2v) is 8.36. The van der Waals surface area contributed by atoms with E-state index in [2.05, 4.69) is 17.6 Å². The predicted molar refractivity (Wildman–Crippen MR) is 141 cm³/mol. The average molecular weight is 470 g/mol. The number of amides is 1. The number of benzene rings is 3. The van der Waals surface area contributed by atoms with Crippen molar-refractivity contribution in [1.82, 2.24) is 10.3 Å². The molecule has 0 aliphatic heterocycles. The number of anilines is 2. The summed E-state index contributed by atoms with van der Waals surface area (Å²) in [6.45, 7) is 4.82. The maximum Gasteiger partial charge on any atom is 0.252 e. The molecule has 6 nitrogen and oxygen atoms in total. The molecule has 0 saturated carbocycles. The van der Waals surface area contributed by atoms with Crippen LogP contribution in [0.5, 0.6) is 11.5 Å². The number of methoxy groups -OCH3 is 1. The highest BCUT2D eigenvalue weighted by Crippen LogP contribution is 2.29. The first-order valence-electron chi connectivity index (χ1n) is 11.9. The maximum atomic E-state index is 13.4. The number of ether oxygens (including phenoxy) is 2. The minimum Gasteiger partial charge on any atom is -0.495 e. The van der Waals surface area contributed by atoms with Gasteiger partial charge < -0.3 is 20.1 Å². The molecule has 35 heavy (non-hydrogen) atoms.